The molecule has 15 heavy (non-hydrogen) atoms. The van der Waals surface area contributed by atoms with Crippen molar-refractivity contribution in [3.8, 4) is 0 Å². The maximum atomic E-state index is 13.1. The first-order valence-corrected chi connectivity index (χ1v) is 4.87. The van der Waals surface area contributed by atoms with Crippen LogP contribution < -0.4 is 11.1 Å². The van der Waals surface area contributed by atoms with Gasteiger partial charge in [-0.25, -0.2) is 4.39 Å². The number of rotatable bonds is 4. The number of halogens is 1. The second-order valence-corrected chi connectivity index (χ2v) is 3.62. The molecular formula is C11H17FN2O. The fourth-order valence-corrected chi connectivity index (χ4v) is 1.19. The van der Waals surface area contributed by atoms with Gasteiger partial charge in [0.05, 0.1) is 17.5 Å². The van der Waals surface area contributed by atoms with Crippen molar-refractivity contribution in [3.05, 3.63) is 23.5 Å². The number of hydrogen-bond donors (Lipinski definition) is 2. The summed E-state index contributed by atoms with van der Waals surface area (Å²) in [4.78, 5) is 0. The molecule has 0 amide bonds. The van der Waals surface area contributed by atoms with Crippen LogP contribution >= 0.6 is 0 Å². The highest BCUT2D eigenvalue weighted by Gasteiger charge is 2.05. The molecule has 0 spiro atoms. The van der Waals surface area contributed by atoms with Crippen molar-refractivity contribution in [1.29, 1.82) is 0 Å². The van der Waals surface area contributed by atoms with Crippen LogP contribution in [0.1, 0.15) is 12.5 Å². The molecule has 0 heterocycles. The number of nitrogens with one attached hydrogen (secondary N) is 1. The van der Waals surface area contributed by atoms with Crippen LogP contribution in [0.25, 0.3) is 0 Å². The van der Waals surface area contributed by atoms with Gasteiger partial charge in [0, 0.05) is 13.7 Å². The number of hydrogen-bond acceptors (Lipinski definition) is 3. The standard InChI is InChI=1S/C11H17FN2O/c1-7-4-11(10(13)5-9(7)12)14-6-8(2)15-3/h4-5,8,14H,6,13H2,1-3H3. The van der Waals surface area contributed by atoms with Crippen LogP contribution in [-0.2, 0) is 4.74 Å². The molecular weight excluding hydrogens is 195 g/mol. The van der Waals surface area contributed by atoms with Crippen LogP contribution in [0.2, 0.25) is 0 Å². The van der Waals surface area contributed by atoms with Gasteiger partial charge in [0.25, 0.3) is 0 Å². The van der Waals surface area contributed by atoms with Crippen molar-refractivity contribution in [3.63, 3.8) is 0 Å². The van der Waals surface area contributed by atoms with Gasteiger partial charge in [0.2, 0.25) is 0 Å². The fourth-order valence-electron chi connectivity index (χ4n) is 1.19. The third kappa shape index (κ3) is 3.09. The quantitative estimate of drug-likeness (QED) is 0.752. The predicted octanol–water partition coefficient (Wildman–Crippen LogP) is 2.16. The second kappa shape index (κ2) is 4.98. The Morgan fingerprint density at radius 3 is 2.80 bits per heavy atom. The molecule has 0 radical (unpaired) electrons. The molecule has 0 aliphatic carbocycles. The maximum absolute atomic E-state index is 13.1. The molecule has 0 fully saturated rings. The van der Waals surface area contributed by atoms with Crippen LogP contribution in [0.4, 0.5) is 15.8 Å². The first-order chi connectivity index (χ1) is 7.04. The molecule has 0 aromatic heterocycles. The molecule has 0 bridgehead atoms. The van der Waals surface area contributed by atoms with E-state index in [9.17, 15) is 4.39 Å². The van der Waals surface area contributed by atoms with E-state index >= 15 is 0 Å². The van der Waals surface area contributed by atoms with Gasteiger partial charge in [-0.3, -0.25) is 0 Å². The molecule has 3 N–H and O–H groups in total. The zero-order valence-electron chi connectivity index (χ0n) is 9.30. The zero-order valence-corrected chi connectivity index (χ0v) is 9.30. The number of benzene rings is 1. The van der Waals surface area contributed by atoms with Gasteiger partial charge < -0.3 is 15.8 Å². The third-order valence-electron chi connectivity index (χ3n) is 2.31. The molecule has 1 unspecified atom stereocenters. The Bertz CT molecular complexity index is 342. The number of nitrogen functional groups attached to an aromatic ring is 1. The van der Waals surface area contributed by atoms with Gasteiger partial charge in [0.15, 0.2) is 0 Å². The minimum Gasteiger partial charge on any atom is -0.397 e. The molecule has 1 aromatic carbocycles. The Hall–Kier alpha value is -1.29. The molecule has 3 nitrogen and oxygen atoms in total. The Morgan fingerprint density at radius 2 is 2.20 bits per heavy atom. The molecule has 0 saturated carbocycles. The summed E-state index contributed by atoms with van der Waals surface area (Å²) >= 11 is 0. The maximum Gasteiger partial charge on any atom is 0.128 e. The van der Waals surface area contributed by atoms with E-state index in [1.165, 1.54) is 6.07 Å². The summed E-state index contributed by atoms with van der Waals surface area (Å²) in [6.07, 6.45) is 0.0924. The molecule has 4 heteroatoms. The summed E-state index contributed by atoms with van der Waals surface area (Å²) in [5, 5.41) is 3.12. The van der Waals surface area contributed by atoms with Crippen molar-refractivity contribution >= 4 is 11.4 Å². The highest BCUT2D eigenvalue weighted by molar-refractivity contribution is 5.67. The Balaban J connectivity index is 2.73. The van der Waals surface area contributed by atoms with E-state index in [1.54, 1.807) is 20.1 Å². The van der Waals surface area contributed by atoms with Crippen LogP contribution in [0, 0.1) is 12.7 Å². The monoisotopic (exact) mass is 212 g/mol. The molecule has 1 aromatic rings. The number of nitrogens with two attached hydrogens (primary N) is 1. The zero-order chi connectivity index (χ0) is 11.4. The summed E-state index contributed by atoms with van der Waals surface area (Å²) in [5.41, 5.74) is 7.42. The van der Waals surface area contributed by atoms with Gasteiger partial charge in [-0.2, -0.15) is 0 Å². The second-order valence-electron chi connectivity index (χ2n) is 3.62. The van der Waals surface area contributed by atoms with Crippen LogP contribution in [-0.4, -0.2) is 19.8 Å². The van der Waals surface area contributed by atoms with Crippen molar-refractivity contribution in [1.82, 2.24) is 0 Å². The van der Waals surface area contributed by atoms with Gasteiger partial charge in [-0.15, -0.1) is 0 Å². The average molecular weight is 212 g/mol. The molecule has 1 rings (SSSR count). The van der Waals surface area contributed by atoms with E-state index in [-0.39, 0.29) is 11.9 Å². The summed E-state index contributed by atoms with van der Waals surface area (Å²) in [6.45, 7) is 4.30. The van der Waals surface area contributed by atoms with Crippen molar-refractivity contribution in [2.24, 2.45) is 0 Å². The SMILES string of the molecule is COC(C)CNc1cc(C)c(F)cc1N. The summed E-state index contributed by atoms with van der Waals surface area (Å²) in [5.74, 6) is -0.280. The lowest BCUT2D eigenvalue weighted by Crippen LogP contribution is -2.18. The number of methoxy groups -OCH3 is 1. The average Bonchev–Trinajstić information content (AvgIpc) is 2.21. The largest absolute Gasteiger partial charge is 0.397 e. The normalized spacial score (nSPS) is 12.5. The number of aryl methyl sites for hydroxylation is 1. The van der Waals surface area contributed by atoms with Crippen molar-refractivity contribution < 1.29 is 9.13 Å². The Kier molecular flexibility index (Phi) is 3.91. The topological polar surface area (TPSA) is 47.3 Å². The molecule has 84 valence electrons. The first kappa shape index (κ1) is 11.8. The van der Waals surface area contributed by atoms with Crippen LogP contribution in [0.5, 0.6) is 0 Å². The first-order valence-electron chi connectivity index (χ1n) is 4.87. The lowest BCUT2D eigenvalue weighted by Gasteiger charge is -2.14. The van der Waals surface area contributed by atoms with E-state index in [0.717, 1.165) is 5.69 Å². The highest BCUT2D eigenvalue weighted by Crippen LogP contribution is 2.22. The van der Waals surface area contributed by atoms with Crippen molar-refractivity contribution in [2.45, 2.75) is 20.0 Å². The summed E-state index contributed by atoms with van der Waals surface area (Å²) in [7, 11) is 1.64. The smallest absolute Gasteiger partial charge is 0.128 e. The Morgan fingerprint density at radius 1 is 1.53 bits per heavy atom. The van der Waals surface area contributed by atoms with E-state index in [0.29, 0.717) is 17.8 Å². The fraction of sp³-hybridized carbons (Fsp3) is 0.455. The van der Waals surface area contributed by atoms with E-state index in [1.807, 2.05) is 6.92 Å². The Labute approximate surface area is 89.4 Å². The van der Waals surface area contributed by atoms with E-state index in [4.69, 9.17) is 10.5 Å². The van der Waals surface area contributed by atoms with Gasteiger partial charge in [-0.05, 0) is 31.5 Å². The van der Waals surface area contributed by atoms with Crippen LogP contribution in [0.15, 0.2) is 12.1 Å². The summed E-state index contributed by atoms with van der Waals surface area (Å²) in [6, 6.07) is 3.03. The lowest BCUT2D eigenvalue weighted by molar-refractivity contribution is 0.129. The molecule has 0 saturated heterocycles. The molecule has 1 atom stereocenters. The minimum absolute atomic E-state index is 0.0924. The summed E-state index contributed by atoms with van der Waals surface area (Å²) < 4.78 is 18.2. The van der Waals surface area contributed by atoms with Crippen molar-refractivity contribution in [2.75, 3.05) is 24.7 Å². The number of anilines is 2. The van der Waals surface area contributed by atoms with E-state index < -0.39 is 0 Å². The van der Waals surface area contributed by atoms with Gasteiger partial charge >= 0.3 is 0 Å². The third-order valence-corrected chi connectivity index (χ3v) is 2.31. The molecule has 0 aliphatic heterocycles. The van der Waals surface area contributed by atoms with Crippen LogP contribution in [0.3, 0.4) is 0 Å². The van der Waals surface area contributed by atoms with Gasteiger partial charge in [0.1, 0.15) is 5.82 Å². The highest BCUT2D eigenvalue weighted by atomic mass is 19.1. The number of ether oxygens (including phenoxy) is 1. The predicted molar refractivity (Wildman–Crippen MR) is 60.5 cm³/mol. The molecule has 0 aliphatic rings. The van der Waals surface area contributed by atoms with E-state index in [2.05, 4.69) is 5.32 Å². The van der Waals surface area contributed by atoms with Gasteiger partial charge in [-0.1, -0.05) is 0 Å². The lowest BCUT2D eigenvalue weighted by atomic mass is 10.2. The minimum atomic E-state index is -0.280.